The van der Waals surface area contributed by atoms with Crippen LogP contribution in [0, 0.1) is 0 Å². The van der Waals surface area contributed by atoms with Crippen LogP contribution in [-0.2, 0) is 9.53 Å². The zero-order valence-corrected chi connectivity index (χ0v) is 16.1. The van der Waals surface area contributed by atoms with Gasteiger partial charge in [0.2, 0.25) is 5.91 Å². The number of ether oxygens (including phenoxy) is 1. The van der Waals surface area contributed by atoms with E-state index in [4.69, 9.17) is 22.1 Å². The van der Waals surface area contributed by atoms with Crippen LogP contribution in [0.25, 0.3) is 0 Å². The average molecular weight is 388 g/mol. The first-order chi connectivity index (χ1) is 13.1. The van der Waals surface area contributed by atoms with Gasteiger partial charge in [0.15, 0.2) is 0 Å². The Morgan fingerprint density at radius 1 is 1.04 bits per heavy atom. The molecule has 1 fully saturated rings. The van der Waals surface area contributed by atoms with Gasteiger partial charge in [-0.15, -0.1) is 0 Å². The number of hydrogen-bond donors (Lipinski definition) is 1. The molecule has 1 unspecified atom stereocenters. The molecule has 2 aromatic rings. The summed E-state index contributed by atoms with van der Waals surface area (Å²) in [7, 11) is 0. The Kier molecular flexibility index (Phi) is 7.24. The Morgan fingerprint density at radius 2 is 1.70 bits per heavy atom. The molecule has 1 aliphatic heterocycles. The van der Waals surface area contributed by atoms with Crippen LogP contribution in [0.2, 0.25) is 5.02 Å². The van der Waals surface area contributed by atoms with E-state index < -0.39 is 5.91 Å². The molecule has 0 spiro atoms. The first-order valence-electron chi connectivity index (χ1n) is 9.27. The standard InChI is InChI=1S/C21H26ClN3O2/c22-19-9-5-4-8-18(19)21(17-6-2-1-3-7-17)25-12-10-24(11-13-25)14-15-27-16-20(23)26/h1-9,21H,10-16H2,(H2,23,26). The lowest BCUT2D eigenvalue weighted by molar-refractivity contribution is -0.122. The Labute approximate surface area is 165 Å². The predicted molar refractivity (Wildman–Crippen MR) is 108 cm³/mol. The van der Waals surface area contributed by atoms with Crippen molar-refractivity contribution in [3.8, 4) is 0 Å². The van der Waals surface area contributed by atoms with Crippen LogP contribution in [0.1, 0.15) is 17.2 Å². The van der Waals surface area contributed by atoms with Crippen LogP contribution in [0.5, 0.6) is 0 Å². The van der Waals surface area contributed by atoms with E-state index in [1.165, 1.54) is 5.56 Å². The summed E-state index contributed by atoms with van der Waals surface area (Å²) in [4.78, 5) is 15.6. The van der Waals surface area contributed by atoms with Gasteiger partial charge in [-0.2, -0.15) is 0 Å². The minimum absolute atomic E-state index is 0.0114. The molecule has 0 bridgehead atoms. The second-order valence-corrected chi connectivity index (χ2v) is 7.14. The molecule has 2 aromatic carbocycles. The second-order valence-electron chi connectivity index (χ2n) is 6.73. The molecule has 1 amide bonds. The maximum Gasteiger partial charge on any atom is 0.243 e. The molecule has 1 heterocycles. The molecule has 27 heavy (non-hydrogen) atoms. The molecule has 144 valence electrons. The van der Waals surface area contributed by atoms with Gasteiger partial charge in [0.25, 0.3) is 0 Å². The number of amides is 1. The Morgan fingerprint density at radius 3 is 2.37 bits per heavy atom. The van der Waals surface area contributed by atoms with Crippen LogP contribution in [-0.4, -0.2) is 61.6 Å². The first kappa shape index (κ1) is 19.8. The molecule has 0 aromatic heterocycles. The van der Waals surface area contributed by atoms with Gasteiger partial charge in [0, 0.05) is 37.7 Å². The number of nitrogens with zero attached hydrogens (tertiary/aromatic N) is 2. The third kappa shape index (κ3) is 5.53. The fourth-order valence-corrected chi connectivity index (χ4v) is 3.77. The molecule has 0 radical (unpaired) electrons. The molecule has 1 aliphatic rings. The quantitative estimate of drug-likeness (QED) is 0.707. The zero-order chi connectivity index (χ0) is 19.1. The molecule has 2 N–H and O–H groups in total. The van der Waals surface area contributed by atoms with Crippen molar-refractivity contribution in [3.05, 3.63) is 70.7 Å². The van der Waals surface area contributed by atoms with Crippen molar-refractivity contribution in [2.24, 2.45) is 5.73 Å². The van der Waals surface area contributed by atoms with Gasteiger partial charge in [-0.05, 0) is 17.2 Å². The third-order valence-corrected chi connectivity index (χ3v) is 5.23. The van der Waals surface area contributed by atoms with Gasteiger partial charge in [0.05, 0.1) is 12.6 Å². The summed E-state index contributed by atoms with van der Waals surface area (Å²) in [5, 5.41) is 0.800. The summed E-state index contributed by atoms with van der Waals surface area (Å²) >= 11 is 6.54. The lowest BCUT2D eigenvalue weighted by atomic mass is 9.96. The zero-order valence-electron chi connectivity index (χ0n) is 15.4. The van der Waals surface area contributed by atoms with E-state index in [-0.39, 0.29) is 12.6 Å². The fraction of sp³-hybridized carbons (Fsp3) is 0.381. The highest BCUT2D eigenvalue weighted by molar-refractivity contribution is 6.31. The van der Waals surface area contributed by atoms with Crippen molar-refractivity contribution in [2.45, 2.75) is 6.04 Å². The number of piperazine rings is 1. The SMILES string of the molecule is NC(=O)COCCN1CCN(C(c2ccccc2)c2ccccc2Cl)CC1. The molecule has 1 saturated heterocycles. The number of rotatable bonds is 8. The van der Waals surface area contributed by atoms with Crippen molar-refractivity contribution >= 4 is 17.5 Å². The van der Waals surface area contributed by atoms with Crippen molar-refractivity contribution in [1.82, 2.24) is 9.80 Å². The van der Waals surface area contributed by atoms with Crippen LogP contribution in [0.3, 0.4) is 0 Å². The minimum atomic E-state index is -0.426. The highest BCUT2D eigenvalue weighted by Gasteiger charge is 2.27. The van der Waals surface area contributed by atoms with E-state index >= 15 is 0 Å². The second kappa shape index (κ2) is 9.85. The highest BCUT2D eigenvalue weighted by Crippen LogP contribution is 2.33. The van der Waals surface area contributed by atoms with E-state index in [9.17, 15) is 4.79 Å². The van der Waals surface area contributed by atoms with Crippen molar-refractivity contribution < 1.29 is 9.53 Å². The summed E-state index contributed by atoms with van der Waals surface area (Å²) in [6.07, 6.45) is 0. The van der Waals surface area contributed by atoms with E-state index in [1.54, 1.807) is 0 Å². The molecule has 0 saturated carbocycles. The number of carbonyl (C=O) groups is 1. The summed E-state index contributed by atoms with van der Waals surface area (Å²) < 4.78 is 5.28. The average Bonchev–Trinajstić information content (AvgIpc) is 2.69. The maximum absolute atomic E-state index is 10.7. The highest BCUT2D eigenvalue weighted by atomic mass is 35.5. The number of hydrogen-bond acceptors (Lipinski definition) is 4. The van der Waals surface area contributed by atoms with Gasteiger partial charge >= 0.3 is 0 Å². The molecule has 5 nitrogen and oxygen atoms in total. The Hall–Kier alpha value is -1.92. The predicted octanol–water partition coefficient (Wildman–Crippen LogP) is 2.55. The van der Waals surface area contributed by atoms with Gasteiger partial charge < -0.3 is 10.5 Å². The normalized spacial score (nSPS) is 16.9. The van der Waals surface area contributed by atoms with Gasteiger partial charge in [-0.25, -0.2) is 0 Å². The van der Waals surface area contributed by atoms with E-state index in [2.05, 4.69) is 40.1 Å². The number of carbonyl (C=O) groups excluding carboxylic acids is 1. The Bertz CT molecular complexity index is 733. The lowest BCUT2D eigenvalue weighted by Crippen LogP contribution is -2.48. The van der Waals surface area contributed by atoms with Gasteiger partial charge in [-0.1, -0.05) is 60.1 Å². The van der Waals surface area contributed by atoms with Crippen LogP contribution in [0.15, 0.2) is 54.6 Å². The molecular formula is C21H26ClN3O2. The summed E-state index contributed by atoms with van der Waals surface area (Å²) in [5.41, 5.74) is 7.49. The largest absolute Gasteiger partial charge is 0.370 e. The molecule has 0 aliphatic carbocycles. The fourth-order valence-electron chi connectivity index (χ4n) is 3.53. The molecule has 6 heteroatoms. The number of nitrogens with two attached hydrogens (primary N) is 1. The molecule has 3 rings (SSSR count). The molecule has 1 atom stereocenters. The van der Waals surface area contributed by atoms with Crippen LogP contribution in [0.4, 0.5) is 0 Å². The lowest BCUT2D eigenvalue weighted by Gasteiger charge is -2.40. The van der Waals surface area contributed by atoms with Crippen LogP contribution >= 0.6 is 11.6 Å². The van der Waals surface area contributed by atoms with E-state index in [1.807, 2.05) is 24.3 Å². The summed E-state index contributed by atoms with van der Waals surface area (Å²) in [5.74, 6) is -0.426. The topological polar surface area (TPSA) is 58.8 Å². The third-order valence-electron chi connectivity index (χ3n) is 4.88. The molecular weight excluding hydrogens is 362 g/mol. The van der Waals surface area contributed by atoms with Crippen molar-refractivity contribution in [3.63, 3.8) is 0 Å². The minimum Gasteiger partial charge on any atom is -0.370 e. The monoisotopic (exact) mass is 387 g/mol. The summed E-state index contributed by atoms with van der Waals surface area (Å²) in [6.45, 7) is 5.12. The smallest absolute Gasteiger partial charge is 0.243 e. The van der Waals surface area contributed by atoms with Gasteiger partial charge in [-0.3, -0.25) is 14.6 Å². The number of benzene rings is 2. The summed E-state index contributed by atoms with van der Waals surface area (Å²) in [6, 6.07) is 18.8. The van der Waals surface area contributed by atoms with Crippen molar-refractivity contribution in [1.29, 1.82) is 0 Å². The van der Waals surface area contributed by atoms with E-state index in [0.717, 1.165) is 43.3 Å². The van der Waals surface area contributed by atoms with E-state index in [0.29, 0.717) is 6.61 Å². The Balaban J connectivity index is 1.65. The number of primary amides is 1. The first-order valence-corrected chi connectivity index (χ1v) is 9.65. The maximum atomic E-state index is 10.7. The number of halogens is 1. The van der Waals surface area contributed by atoms with Crippen molar-refractivity contribution in [2.75, 3.05) is 45.9 Å². The van der Waals surface area contributed by atoms with Gasteiger partial charge in [0.1, 0.15) is 6.61 Å². The van der Waals surface area contributed by atoms with Crippen LogP contribution < -0.4 is 5.73 Å².